The van der Waals surface area contributed by atoms with Crippen LogP contribution in [-0.2, 0) is 15.3 Å². The Morgan fingerprint density at radius 2 is 2.11 bits per heavy atom. The monoisotopic (exact) mass is 288 g/mol. The molecule has 0 spiro atoms. The molecule has 1 aliphatic rings. The minimum atomic E-state index is -0.748. The zero-order valence-electron chi connectivity index (χ0n) is 10.9. The summed E-state index contributed by atoms with van der Waals surface area (Å²) in [6.07, 6.45) is 1.05. The molecule has 1 aromatic carbocycles. The molecule has 2 rings (SSSR count). The minimum Gasteiger partial charge on any atom is -0.343 e. The number of halogens is 2. The van der Waals surface area contributed by atoms with Gasteiger partial charge < -0.3 is 9.47 Å². The second-order valence-corrected chi connectivity index (χ2v) is 5.75. The van der Waals surface area contributed by atoms with E-state index < -0.39 is 5.79 Å². The Kier molecular flexibility index (Phi) is 4.22. The molecular formula is C14H18Cl2O2. The van der Waals surface area contributed by atoms with E-state index in [0.717, 1.165) is 12.0 Å². The predicted molar refractivity (Wildman–Crippen MR) is 74.1 cm³/mol. The molecule has 1 aromatic rings. The Morgan fingerprint density at radius 3 is 2.61 bits per heavy atom. The van der Waals surface area contributed by atoms with E-state index in [1.54, 1.807) is 6.07 Å². The zero-order valence-corrected chi connectivity index (χ0v) is 12.4. The summed E-state index contributed by atoms with van der Waals surface area (Å²) in [6, 6.07) is 5.44. The lowest BCUT2D eigenvalue weighted by molar-refractivity contribution is -0.207. The third kappa shape index (κ3) is 2.39. The predicted octanol–water partition coefficient (Wildman–Crippen LogP) is 4.63. The van der Waals surface area contributed by atoms with Gasteiger partial charge in [-0.05, 0) is 18.6 Å². The fraction of sp³-hybridized carbons (Fsp3) is 0.571. The van der Waals surface area contributed by atoms with Crippen molar-refractivity contribution in [3.8, 4) is 0 Å². The number of ether oxygens (including phenoxy) is 2. The van der Waals surface area contributed by atoms with Gasteiger partial charge in [0.15, 0.2) is 5.79 Å². The summed E-state index contributed by atoms with van der Waals surface area (Å²) in [7, 11) is 0. The second kappa shape index (κ2) is 5.38. The number of rotatable bonds is 3. The van der Waals surface area contributed by atoms with Crippen molar-refractivity contribution in [3.05, 3.63) is 33.8 Å². The highest BCUT2D eigenvalue weighted by molar-refractivity contribution is 6.35. The quantitative estimate of drug-likeness (QED) is 0.807. The highest BCUT2D eigenvalue weighted by atomic mass is 35.5. The van der Waals surface area contributed by atoms with Gasteiger partial charge in [-0.1, -0.05) is 50.0 Å². The molecule has 1 aliphatic heterocycles. The van der Waals surface area contributed by atoms with Gasteiger partial charge in [-0.3, -0.25) is 0 Å². The second-order valence-electron chi connectivity index (χ2n) is 4.91. The molecule has 18 heavy (non-hydrogen) atoms. The first-order valence-electron chi connectivity index (χ1n) is 6.27. The van der Waals surface area contributed by atoms with Crippen molar-refractivity contribution in [1.82, 2.24) is 0 Å². The van der Waals surface area contributed by atoms with Crippen LogP contribution >= 0.6 is 23.2 Å². The Bertz CT molecular complexity index is 434. The number of hydrogen-bond donors (Lipinski definition) is 0. The maximum Gasteiger partial charge on any atom is 0.199 e. The fourth-order valence-corrected chi connectivity index (χ4v) is 2.80. The molecule has 2 atom stereocenters. The van der Waals surface area contributed by atoms with Crippen LogP contribution in [0.4, 0.5) is 0 Å². The highest BCUT2D eigenvalue weighted by Gasteiger charge is 2.46. The van der Waals surface area contributed by atoms with Crippen molar-refractivity contribution in [2.75, 3.05) is 6.61 Å². The normalized spacial score (nSPS) is 28.0. The van der Waals surface area contributed by atoms with Gasteiger partial charge in [0.1, 0.15) is 0 Å². The molecule has 2 unspecified atom stereocenters. The molecule has 1 heterocycles. The van der Waals surface area contributed by atoms with Crippen molar-refractivity contribution >= 4 is 23.2 Å². The van der Waals surface area contributed by atoms with E-state index >= 15 is 0 Å². The maximum atomic E-state index is 6.29. The molecule has 0 aromatic heterocycles. The van der Waals surface area contributed by atoms with Crippen LogP contribution in [0.25, 0.3) is 0 Å². The summed E-state index contributed by atoms with van der Waals surface area (Å²) < 4.78 is 12.1. The molecular weight excluding hydrogens is 271 g/mol. The van der Waals surface area contributed by atoms with Gasteiger partial charge >= 0.3 is 0 Å². The van der Waals surface area contributed by atoms with Gasteiger partial charge in [-0.25, -0.2) is 0 Å². The van der Waals surface area contributed by atoms with Crippen LogP contribution in [0.2, 0.25) is 10.0 Å². The highest BCUT2D eigenvalue weighted by Crippen LogP contribution is 2.44. The molecule has 100 valence electrons. The molecule has 2 nitrogen and oxygen atoms in total. The zero-order chi connectivity index (χ0) is 13.3. The van der Waals surface area contributed by atoms with Crippen LogP contribution in [0.3, 0.4) is 0 Å². The molecule has 0 bridgehead atoms. The average Bonchev–Trinajstić information content (AvgIpc) is 2.74. The molecule has 1 fully saturated rings. The Labute approximate surface area is 118 Å². The van der Waals surface area contributed by atoms with Crippen LogP contribution in [-0.4, -0.2) is 12.7 Å². The molecule has 1 saturated heterocycles. The third-order valence-corrected chi connectivity index (χ3v) is 3.90. The topological polar surface area (TPSA) is 18.5 Å². The van der Waals surface area contributed by atoms with E-state index in [1.165, 1.54) is 0 Å². The van der Waals surface area contributed by atoms with Crippen molar-refractivity contribution in [2.45, 2.75) is 39.1 Å². The van der Waals surface area contributed by atoms with E-state index in [9.17, 15) is 0 Å². The standard InChI is InChI=1S/C14H18Cl2O2/c1-4-11-8-17-14(18-11,9(2)3)12-6-5-10(15)7-13(12)16/h5-7,9,11H,4,8H2,1-3H3. The summed E-state index contributed by atoms with van der Waals surface area (Å²) in [5.41, 5.74) is 0.861. The molecule has 0 N–H and O–H groups in total. The maximum absolute atomic E-state index is 6.29. The van der Waals surface area contributed by atoms with E-state index in [0.29, 0.717) is 16.7 Å². The number of benzene rings is 1. The van der Waals surface area contributed by atoms with E-state index in [4.69, 9.17) is 32.7 Å². The van der Waals surface area contributed by atoms with Gasteiger partial charge in [0.25, 0.3) is 0 Å². The number of hydrogen-bond acceptors (Lipinski definition) is 2. The van der Waals surface area contributed by atoms with Gasteiger partial charge in [0, 0.05) is 16.5 Å². The lowest BCUT2D eigenvalue weighted by Gasteiger charge is -2.33. The van der Waals surface area contributed by atoms with Crippen LogP contribution in [0.15, 0.2) is 18.2 Å². The summed E-state index contributed by atoms with van der Waals surface area (Å²) in [4.78, 5) is 0. The first kappa shape index (κ1) is 14.1. The van der Waals surface area contributed by atoms with Crippen LogP contribution in [0.5, 0.6) is 0 Å². The lowest BCUT2D eigenvalue weighted by Crippen LogP contribution is -2.34. The van der Waals surface area contributed by atoms with Crippen LogP contribution in [0.1, 0.15) is 32.8 Å². The average molecular weight is 289 g/mol. The Morgan fingerprint density at radius 1 is 1.39 bits per heavy atom. The SMILES string of the molecule is CCC1COC(c2ccc(Cl)cc2Cl)(C(C)C)O1. The summed E-state index contributed by atoms with van der Waals surface area (Å²) in [5, 5.41) is 1.21. The van der Waals surface area contributed by atoms with Gasteiger partial charge in [-0.15, -0.1) is 0 Å². The fourth-order valence-electron chi connectivity index (χ4n) is 2.26. The lowest BCUT2D eigenvalue weighted by atomic mass is 9.94. The first-order chi connectivity index (χ1) is 8.49. The Balaban J connectivity index is 2.42. The summed E-state index contributed by atoms with van der Waals surface area (Å²) >= 11 is 12.2. The molecule has 0 saturated carbocycles. The molecule has 0 amide bonds. The van der Waals surface area contributed by atoms with Gasteiger partial charge in [0.05, 0.1) is 17.7 Å². The molecule has 0 aliphatic carbocycles. The largest absolute Gasteiger partial charge is 0.343 e. The van der Waals surface area contributed by atoms with Crippen LogP contribution < -0.4 is 0 Å². The van der Waals surface area contributed by atoms with Crippen molar-refractivity contribution < 1.29 is 9.47 Å². The van der Waals surface area contributed by atoms with Crippen molar-refractivity contribution in [2.24, 2.45) is 5.92 Å². The molecule has 0 radical (unpaired) electrons. The molecule has 4 heteroatoms. The summed E-state index contributed by atoms with van der Waals surface area (Å²) in [5.74, 6) is -0.574. The first-order valence-corrected chi connectivity index (χ1v) is 7.02. The van der Waals surface area contributed by atoms with E-state index in [2.05, 4.69) is 20.8 Å². The summed E-state index contributed by atoms with van der Waals surface area (Å²) in [6.45, 7) is 6.84. The third-order valence-electron chi connectivity index (χ3n) is 3.35. The smallest absolute Gasteiger partial charge is 0.199 e. The van der Waals surface area contributed by atoms with E-state index in [1.807, 2.05) is 12.1 Å². The van der Waals surface area contributed by atoms with Crippen molar-refractivity contribution in [3.63, 3.8) is 0 Å². The minimum absolute atomic E-state index is 0.124. The van der Waals surface area contributed by atoms with Crippen molar-refractivity contribution in [1.29, 1.82) is 0 Å². The van der Waals surface area contributed by atoms with Gasteiger partial charge in [0.2, 0.25) is 0 Å². The van der Waals surface area contributed by atoms with Crippen LogP contribution in [0, 0.1) is 5.92 Å². The van der Waals surface area contributed by atoms with Gasteiger partial charge in [-0.2, -0.15) is 0 Å². The van der Waals surface area contributed by atoms with E-state index in [-0.39, 0.29) is 12.0 Å². The Hall–Kier alpha value is -0.280.